The molecule has 4 nitrogen and oxygen atoms in total. The summed E-state index contributed by atoms with van der Waals surface area (Å²) in [7, 11) is 3.85. The zero-order chi connectivity index (χ0) is 13.8. The number of rotatable bonds is 3. The Kier molecular flexibility index (Phi) is 3.71. The zero-order valence-electron chi connectivity index (χ0n) is 11.0. The van der Waals surface area contributed by atoms with Gasteiger partial charge in [-0.3, -0.25) is 4.99 Å². The minimum Gasteiger partial charge on any atom is -0.507 e. The number of nitrogen functional groups attached to an aromatic ring is 1. The van der Waals surface area contributed by atoms with Gasteiger partial charge in [0.05, 0.1) is 11.4 Å². The molecule has 0 radical (unpaired) electrons. The van der Waals surface area contributed by atoms with Crippen LogP contribution < -0.4 is 10.6 Å². The number of phenolic OH excluding ortho intramolecular Hbond substituents is 1. The fourth-order valence-corrected chi connectivity index (χ4v) is 1.66. The van der Waals surface area contributed by atoms with Gasteiger partial charge in [0.15, 0.2) is 0 Å². The molecule has 2 aromatic rings. The summed E-state index contributed by atoms with van der Waals surface area (Å²) in [6.45, 7) is 0. The number of hydrogen-bond acceptors (Lipinski definition) is 4. The van der Waals surface area contributed by atoms with Crippen molar-refractivity contribution in [1.82, 2.24) is 0 Å². The second-order valence-electron chi connectivity index (χ2n) is 4.45. The molecular formula is C15H17N3O. The van der Waals surface area contributed by atoms with Gasteiger partial charge in [-0.1, -0.05) is 12.1 Å². The number of aromatic hydroxyl groups is 1. The first-order valence-electron chi connectivity index (χ1n) is 5.97. The predicted molar refractivity (Wildman–Crippen MR) is 80.5 cm³/mol. The van der Waals surface area contributed by atoms with Crippen LogP contribution in [-0.2, 0) is 0 Å². The van der Waals surface area contributed by atoms with Gasteiger partial charge in [-0.15, -0.1) is 0 Å². The van der Waals surface area contributed by atoms with Crippen LogP contribution in [0.3, 0.4) is 0 Å². The maximum atomic E-state index is 9.94. The van der Waals surface area contributed by atoms with E-state index < -0.39 is 0 Å². The van der Waals surface area contributed by atoms with Crippen LogP contribution in [-0.4, -0.2) is 25.4 Å². The zero-order valence-corrected chi connectivity index (χ0v) is 11.0. The standard InChI is InChI=1S/C15H17N3O/c1-18(2)12-8-7-11(15(19)9-12)10-17-14-6-4-3-5-13(14)16/h3-10,19H,16H2,1-2H3. The monoisotopic (exact) mass is 255 g/mol. The molecule has 0 fully saturated rings. The lowest BCUT2D eigenvalue weighted by Crippen LogP contribution is -2.08. The molecule has 0 amide bonds. The molecule has 0 aromatic heterocycles. The Labute approximate surface area is 112 Å². The largest absolute Gasteiger partial charge is 0.507 e. The van der Waals surface area contributed by atoms with Gasteiger partial charge < -0.3 is 15.7 Å². The summed E-state index contributed by atoms with van der Waals surface area (Å²) in [4.78, 5) is 6.21. The molecule has 0 spiro atoms. The van der Waals surface area contributed by atoms with Gasteiger partial charge in [-0.2, -0.15) is 0 Å². The van der Waals surface area contributed by atoms with Crippen LogP contribution in [0.1, 0.15) is 5.56 Å². The average molecular weight is 255 g/mol. The Balaban J connectivity index is 2.27. The lowest BCUT2D eigenvalue weighted by Gasteiger charge is -2.13. The van der Waals surface area contributed by atoms with E-state index in [2.05, 4.69) is 4.99 Å². The van der Waals surface area contributed by atoms with Crippen LogP contribution in [0.4, 0.5) is 17.1 Å². The topological polar surface area (TPSA) is 61.8 Å². The second kappa shape index (κ2) is 5.44. The van der Waals surface area contributed by atoms with Crippen LogP contribution in [0, 0.1) is 0 Å². The normalized spacial score (nSPS) is 10.8. The first-order valence-corrected chi connectivity index (χ1v) is 5.97. The summed E-state index contributed by atoms with van der Waals surface area (Å²) >= 11 is 0. The first kappa shape index (κ1) is 13.0. The number of nitrogens with zero attached hydrogens (tertiary/aromatic N) is 2. The molecule has 0 saturated heterocycles. The summed E-state index contributed by atoms with van der Waals surface area (Å²) in [6.07, 6.45) is 1.61. The van der Waals surface area contributed by atoms with E-state index in [0.29, 0.717) is 16.9 Å². The van der Waals surface area contributed by atoms with Crippen molar-refractivity contribution < 1.29 is 5.11 Å². The summed E-state index contributed by atoms with van der Waals surface area (Å²) in [5.41, 5.74) is 8.71. The van der Waals surface area contributed by atoms with Crippen molar-refractivity contribution >= 4 is 23.3 Å². The van der Waals surface area contributed by atoms with Gasteiger partial charge in [-0.05, 0) is 24.3 Å². The molecule has 4 heteroatoms. The van der Waals surface area contributed by atoms with E-state index >= 15 is 0 Å². The minimum absolute atomic E-state index is 0.199. The maximum absolute atomic E-state index is 9.94. The molecule has 0 bridgehead atoms. The number of aliphatic imine (C=N–C) groups is 1. The van der Waals surface area contributed by atoms with Gasteiger partial charge in [0, 0.05) is 37.6 Å². The Hall–Kier alpha value is -2.49. The number of para-hydroxylation sites is 2. The quantitative estimate of drug-likeness (QED) is 0.655. The smallest absolute Gasteiger partial charge is 0.126 e. The van der Waals surface area contributed by atoms with Crippen molar-refractivity contribution in [3.8, 4) is 5.75 Å². The van der Waals surface area contributed by atoms with E-state index in [0.717, 1.165) is 5.69 Å². The predicted octanol–water partition coefficient (Wildman–Crippen LogP) is 2.79. The molecule has 2 aromatic carbocycles. The molecule has 0 heterocycles. The SMILES string of the molecule is CN(C)c1ccc(C=Nc2ccccc2N)c(O)c1. The highest BCUT2D eigenvalue weighted by molar-refractivity contribution is 5.87. The minimum atomic E-state index is 0.199. The fourth-order valence-electron chi connectivity index (χ4n) is 1.66. The summed E-state index contributed by atoms with van der Waals surface area (Å²) in [5, 5.41) is 9.94. The molecule has 2 rings (SSSR count). The lowest BCUT2D eigenvalue weighted by molar-refractivity contribution is 0.474. The Morgan fingerprint density at radius 1 is 1.16 bits per heavy atom. The molecule has 0 saturated carbocycles. The van der Waals surface area contributed by atoms with Crippen LogP contribution in [0.5, 0.6) is 5.75 Å². The van der Waals surface area contributed by atoms with Gasteiger partial charge >= 0.3 is 0 Å². The lowest BCUT2D eigenvalue weighted by atomic mass is 10.2. The third-order valence-electron chi connectivity index (χ3n) is 2.81. The van der Waals surface area contributed by atoms with E-state index in [1.165, 1.54) is 0 Å². The van der Waals surface area contributed by atoms with E-state index in [4.69, 9.17) is 5.73 Å². The number of nitrogens with two attached hydrogens (primary N) is 1. The molecule has 0 aliphatic heterocycles. The molecule has 0 unspecified atom stereocenters. The molecule has 0 aliphatic carbocycles. The van der Waals surface area contributed by atoms with E-state index in [1.807, 2.05) is 49.3 Å². The van der Waals surface area contributed by atoms with Crippen molar-refractivity contribution in [2.24, 2.45) is 4.99 Å². The molecule has 3 N–H and O–H groups in total. The first-order chi connectivity index (χ1) is 9.08. The van der Waals surface area contributed by atoms with E-state index in [1.54, 1.807) is 18.3 Å². The van der Waals surface area contributed by atoms with Gasteiger partial charge in [-0.25, -0.2) is 0 Å². The second-order valence-corrected chi connectivity index (χ2v) is 4.45. The molecule has 0 aliphatic rings. The summed E-state index contributed by atoms with van der Waals surface area (Å²) in [5.74, 6) is 0.199. The van der Waals surface area contributed by atoms with Crippen LogP contribution >= 0.6 is 0 Å². The Morgan fingerprint density at radius 3 is 2.53 bits per heavy atom. The fraction of sp³-hybridized carbons (Fsp3) is 0.133. The Bertz CT molecular complexity index is 606. The number of benzene rings is 2. The van der Waals surface area contributed by atoms with Crippen LogP contribution in [0.15, 0.2) is 47.5 Å². The number of phenols is 1. The van der Waals surface area contributed by atoms with Gasteiger partial charge in [0.1, 0.15) is 5.75 Å². The molecule has 98 valence electrons. The van der Waals surface area contributed by atoms with Crippen molar-refractivity contribution in [2.45, 2.75) is 0 Å². The van der Waals surface area contributed by atoms with Crippen molar-refractivity contribution in [3.63, 3.8) is 0 Å². The highest BCUT2D eigenvalue weighted by Gasteiger charge is 2.02. The van der Waals surface area contributed by atoms with Gasteiger partial charge in [0.25, 0.3) is 0 Å². The van der Waals surface area contributed by atoms with Crippen LogP contribution in [0.2, 0.25) is 0 Å². The van der Waals surface area contributed by atoms with Crippen LogP contribution in [0.25, 0.3) is 0 Å². The molecule has 0 atom stereocenters. The molecule has 19 heavy (non-hydrogen) atoms. The van der Waals surface area contributed by atoms with E-state index in [-0.39, 0.29) is 5.75 Å². The number of anilines is 2. The summed E-state index contributed by atoms with van der Waals surface area (Å²) in [6, 6.07) is 12.8. The number of hydrogen-bond donors (Lipinski definition) is 2. The summed E-state index contributed by atoms with van der Waals surface area (Å²) < 4.78 is 0. The van der Waals surface area contributed by atoms with Crippen molar-refractivity contribution in [3.05, 3.63) is 48.0 Å². The van der Waals surface area contributed by atoms with E-state index in [9.17, 15) is 5.11 Å². The highest BCUT2D eigenvalue weighted by Crippen LogP contribution is 2.24. The van der Waals surface area contributed by atoms with Crippen molar-refractivity contribution in [2.75, 3.05) is 24.7 Å². The highest BCUT2D eigenvalue weighted by atomic mass is 16.3. The van der Waals surface area contributed by atoms with Gasteiger partial charge in [0.2, 0.25) is 0 Å². The maximum Gasteiger partial charge on any atom is 0.126 e. The average Bonchev–Trinajstić information content (AvgIpc) is 2.39. The van der Waals surface area contributed by atoms with Crippen molar-refractivity contribution in [1.29, 1.82) is 0 Å². The Morgan fingerprint density at radius 2 is 1.89 bits per heavy atom. The molecular weight excluding hydrogens is 238 g/mol. The third-order valence-corrected chi connectivity index (χ3v) is 2.81. The third kappa shape index (κ3) is 3.04.